The minimum Gasteiger partial charge on any atom is -0.365 e. The molecule has 0 saturated carbocycles. The Morgan fingerprint density at radius 3 is 2.03 bits per heavy atom. The summed E-state index contributed by atoms with van der Waals surface area (Å²) >= 11 is 0. The molecule has 0 saturated heterocycles. The number of amides is 1. The van der Waals surface area contributed by atoms with Crippen molar-refractivity contribution in [1.29, 1.82) is 0 Å². The normalized spacial score (nSPS) is 11.4. The Kier molecular flexibility index (Phi) is 7.68. The number of aromatic nitrogens is 2. The molecular weight excluding hydrogens is 462 g/mol. The lowest BCUT2D eigenvalue weighted by atomic mass is 10.1. The second-order valence-electron chi connectivity index (χ2n) is 6.36. The van der Waals surface area contributed by atoms with Crippen LogP contribution in [0.15, 0.2) is 61.1 Å². The average Bonchev–Trinajstić information content (AvgIpc) is 2.71. The van der Waals surface area contributed by atoms with Gasteiger partial charge in [0.25, 0.3) is 5.91 Å². The van der Waals surface area contributed by atoms with Gasteiger partial charge in [0, 0.05) is 30.8 Å². The zero-order valence-corrected chi connectivity index (χ0v) is 16.8. The van der Waals surface area contributed by atoms with Crippen LogP contribution in [0.5, 0.6) is 0 Å². The van der Waals surface area contributed by atoms with Crippen molar-refractivity contribution in [2.45, 2.75) is 18.9 Å². The van der Waals surface area contributed by atoms with Crippen LogP contribution < -0.4 is 10.6 Å². The van der Waals surface area contributed by atoms with Crippen LogP contribution in [0.4, 0.5) is 37.8 Å². The zero-order chi connectivity index (χ0) is 22.6. The summed E-state index contributed by atoms with van der Waals surface area (Å²) in [5, 5.41) is 5.00. The summed E-state index contributed by atoms with van der Waals surface area (Å²) in [7, 11) is 0. The number of alkyl halides is 6. The Labute approximate surface area is 184 Å². The largest absolute Gasteiger partial charge is 0.416 e. The summed E-state index contributed by atoms with van der Waals surface area (Å²) in [6, 6.07) is 7.06. The van der Waals surface area contributed by atoms with Gasteiger partial charge in [0.1, 0.15) is 5.82 Å². The van der Waals surface area contributed by atoms with Crippen LogP contribution in [0.3, 0.4) is 0 Å². The van der Waals surface area contributed by atoms with Crippen LogP contribution in [0.25, 0.3) is 0 Å². The van der Waals surface area contributed by atoms with Gasteiger partial charge in [0.2, 0.25) is 0 Å². The molecule has 3 rings (SSSR count). The van der Waals surface area contributed by atoms with Gasteiger partial charge in [0.05, 0.1) is 16.7 Å². The lowest BCUT2D eigenvalue weighted by Crippen LogP contribution is -2.17. The van der Waals surface area contributed by atoms with Gasteiger partial charge in [0.15, 0.2) is 0 Å². The fourth-order valence-electron chi connectivity index (χ4n) is 2.64. The van der Waals surface area contributed by atoms with Crippen molar-refractivity contribution in [2.24, 2.45) is 0 Å². The molecule has 32 heavy (non-hydrogen) atoms. The van der Waals surface area contributed by atoms with E-state index in [1.54, 1.807) is 24.5 Å². The number of rotatable bonds is 5. The van der Waals surface area contributed by atoms with Crippen molar-refractivity contribution in [1.82, 2.24) is 9.97 Å². The standard InChI is InChI=1S/C20H14F6N4O.ClH/c21-19(22,23)13-8-14(20(24,25)26)10-15(9-13)30-18(31)16-2-1-5-28-17(16)29-11-12-3-6-27-7-4-12;/h1-10H,11H2,(H,28,29)(H,30,31);1H. The molecule has 0 aliphatic carbocycles. The molecule has 0 aliphatic rings. The highest BCUT2D eigenvalue weighted by atomic mass is 35.5. The molecule has 2 aromatic heterocycles. The third-order valence-electron chi connectivity index (χ3n) is 4.11. The fourth-order valence-corrected chi connectivity index (χ4v) is 2.64. The number of pyridine rings is 2. The van der Waals surface area contributed by atoms with Crippen molar-refractivity contribution in [3.8, 4) is 0 Å². The molecule has 0 spiro atoms. The van der Waals surface area contributed by atoms with E-state index in [-0.39, 0.29) is 36.4 Å². The van der Waals surface area contributed by atoms with Crippen molar-refractivity contribution in [3.05, 3.63) is 83.3 Å². The molecule has 0 aliphatic heterocycles. The van der Waals surface area contributed by atoms with E-state index in [1.807, 2.05) is 0 Å². The maximum Gasteiger partial charge on any atom is 0.416 e. The smallest absolute Gasteiger partial charge is 0.365 e. The average molecular weight is 477 g/mol. The van der Waals surface area contributed by atoms with E-state index in [2.05, 4.69) is 20.6 Å². The van der Waals surface area contributed by atoms with Gasteiger partial charge in [-0.2, -0.15) is 26.3 Å². The molecule has 2 heterocycles. The minimum atomic E-state index is -5.02. The summed E-state index contributed by atoms with van der Waals surface area (Å²) in [6.07, 6.45) is -5.53. The molecule has 0 fully saturated rings. The molecule has 0 unspecified atom stereocenters. The molecule has 0 radical (unpaired) electrons. The van der Waals surface area contributed by atoms with Crippen LogP contribution >= 0.6 is 12.4 Å². The first-order valence-corrected chi connectivity index (χ1v) is 8.72. The fraction of sp³-hybridized carbons (Fsp3) is 0.150. The maximum absolute atomic E-state index is 13.0. The SMILES string of the molecule is Cl.O=C(Nc1cc(C(F)(F)F)cc(C(F)(F)F)c1)c1cccnc1NCc1ccncc1. The van der Waals surface area contributed by atoms with Crippen LogP contribution in [0.2, 0.25) is 0 Å². The second-order valence-corrected chi connectivity index (χ2v) is 6.36. The van der Waals surface area contributed by atoms with Crippen molar-refractivity contribution in [3.63, 3.8) is 0 Å². The highest BCUT2D eigenvalue weighted by Crippen LogP contribution is 2.37. The van der Waals surface area contributed by atoms with Crippen molar-refractivity contribution in [2.75, 3.05) is 10.6 Å². The van der Waals surface area contributed by atoms with Crippen LogP contribution in [-0.4, -0.2) is 15.9 Å². The predicted octanol–water partition coefficient (Wildman–Crippen LogP) is 5.80. The molecule has 170 valence electrons. The van der Waals surface area contributed by atoms with Gasteiger partial charge in [-0.05, 0) is 48.0 Å². The molecule has 1 aromatic carbocycles. The molecule has 0 bridgehead atoms. The molecule has 5 nitrogen and oxygen atoms in total. The minimum absolute atomic E-state index is 0. The first-order chi connectivity index (χ1) is 14.5. The molecule has 0 atom stereocenters. The highest BCUT2D eigenvalue weighted by molar-refractivity contribution is 6.07. The molecule has 1 amide bonds. The first kappa shape index (κ1) is 24.9. The number of nitrogens with zero attached hydrogens (tertiary/aromatic N) is 2. The Morgan fingerprint density at radius 2 is 1.47 bits per heavy atom. The number of halogens is 7. The zero-order valence-electron chi connectivity index (χ0n) is 16.0. The predicted molar refractivity (Wildman–Crippen MR) is 107 cm³/mol. The Hall–Kier alpha value is -3.34. The summed E-state index contributed by atoms with van der Waals surface area (Å²) in [4.78, 5) is 20.5. The summed E-state index contributed by atoms with van der Waals surface area (Å²) < 4.78 is 78.1. The molecule has 12 heteroatoms. The number of benzene rings is 1. The summed E-state index contributed by atoms with van der Waals surface area (Å²) in [5.74, 6) is -0.808. The van der Waals surface area contributed by atoms with E-state index in [0.717, 1.165) is 5.56 Å². The molecule has 3 aromatic rings. The van der Waals surface area contributed by atoms with Crippen LogP contribution in [0, 0.1) is 0 Å². The topological polar surface area (TPSA) is 66.9 Å². The number of carbonyl (C=O) groups excluding carboxylic acids is 1. The monoisotopic (exact) mass is 476 g/mol. The van der Waals surface area contributed by atoms with Crippen molar-refractivity contribution >= 4 is 29.8 Å². The maximum atomic E-state index is 13.0. The van der Waals surface area contributed by atoms with Gasteiger partial charge in [-0.15, -0.1) is 12.4 Å². The van der Waals surface area contributed by atoms with Crippen molar-refractivity contribution < 1.29 is 31.1 Å². The number of carbonyl (C=O) groups is 1. The number of hydrogen-bond acceptors (Lipinski definition) is 4. The van der Waals surface area contributed by atoms with E-state index in [9.17, 15) is 31.1 Å². The number of hydrogen-bond donors (Lipinski definition) is 2. The first-order valence-electron chi connectivity index (χ1n) is 8.72. The van der Waals surface area contributed by atoms with Gasteiger partial charge in [-0.1, -0.05) is 0 Å². The van der Waals surface area contributed by atoms with Gasteiger partial charge in [-0.25, -0.2) is 4.98 Å². The second kappa shape index (κ2) is 9.86. The van der Waals surface area contributed by atoms with E-state index in [4.69, 9.17) is 0 Å². The third-order valence-corrected chi connectivity index (χ3v) is 4.11. The Balaban J connectivity index is 0.00000363. The Morgan fingerprint density at radius 1 is 0.875 bits per heavy atom. The van der Waals surface area contributed by atoms with Crippen LogP contribution in [-0.2, 0) is 18.9 Å². The van der Waals surface area contributed by atoms with Gasteiger partial charge < -0.3 is 10.6 Å². The van der Waals surface area contributed by atoms with Gasteiger partial charge in [-0.3, -0.25) is 9.78 Å². The lowest BCUT2D eigenvalue weighted by molar-refractivity contribution is -0.143. The highest BCUT2D eigenvalue weighted by Gasteiger charge is 2.37. The van der Waals surface area contributed by atoms with Gasteiger partial charge >= 0.3 is 12.4 Å². The summed E-state index contributed by atoms with van der Waals surface area (Å²) in [5.41, 5.74) is -2.93. The summed E-state index contributed by atoms with van der Waals surface area (Å²) in [6.45, 7) is 0.265. The number of anilines is 2. The lowest BCUT2D eigenvalue weighted by Gasteiger charge is -2.15. The van der Waals surface area contributed by atoms with E-state index >= 15 is 0 Å². The van der Waals surface area contributed by atoms with E-state index in [0.29, 0.717) is 12.1 Å². The Bertz CT molecular complexity index is 1040. The quantitative estimate of drug-likeness (QED) is 0.457. The van der Waals surface area contributed by atoms with E-state index < -0.39 is 35.1 Å². The third kappa shape index (κ3) is 6.33. The van der Waals surface area contributed by atoms with Crippen LogP contribution in [0.1, 0.15) is 27.0 Å². The number of nitrogens with one attached hydrogen (secondary N) is 2. The van der Waals surface area contributed by atoms with E-state index in [1.165, 1.54) is 18.3 Å². The molecular formula is C20H15ClF6N4O. The molecule has 2 N–H and O–H groups in total.